The van der Waals surface area contributed by atoms with Crippen LogP contribution in [0.4, 0.5) is 4.39 Å². The molecule has 0 radical (unpaired) electrons. The van der Waals surface area contributed by atoms with Crippen LogP contribution in [-0.2, 0) is 11.3 Å². The second-order valence-electron chi connectivity index (χ2n) is 3.83. The number of fused-ring (bicyclic) bond motifs is 1. The van der Waals surface area contributed by atoms with Gasteiger partial charge in [-0.25, -0.2) is 4.39 Å². The van der Waals surface area contributed by atoms with Gasteiger partial charge in [0, 0.05) is 18.5 Å². The number of halogens is 2. The van der Waals surface area contributed by atoms with Gasteiger partial charge in [-0.15, -0.1) is 0 Å². The number of rotatable bonds is 5. The highest BCUT2D eigenvalue weighted by Crippen LogP contribution is 2.29. The third-order valence-electron chi connectivity index (χ3n) is 2.78. The topological polar surface area (TPSA) is 31.2 Å². The second-order valence-corrected chi connectivity index (χ2v) is 4.19. The van der Waals surface area contributed by atoms with Gasteiger partial charge in [0.25, 0.3) is 0 Å². The molecule has 18 heavy (non-hydrogen) atoms. The van der Waals surface area contributed by atoms with Crippen molar-refractivity contribution in [3.8, 4) is 0 Å². The number of hydrogen-bond acceptors (Lipinski definition) is 2. The van der Waals surface area contributed by atoms with E-state index in [2.05, 4.69) is 0 Å². The molecule has 0 saturated heterocycles. The fourth-order valence-electron chi connectivity index (χ4n) is 1.95. The summed E-state index contributed by atoms with van der Waals surface area (Å²) in [6.45, 7) is 3.55. The molecular weight excluding hydrogens is 257 g/mol. The van der Waals surface area contributed by atoms with E-state index in [-0.39, 0.29) is 5.82 Å². The number of aromatic nitrogens is 1. The maximum absolute atomic E-state index is 13.2. The summed E-state index contributed by atoms with van der Waals surface area (Å²) in [5, 5.41) is 0.858. The van der Waals surface area contributed by atoms with Crippen LogP contribution in [0.25, 0.3) is 10.9 Å². The Kier molecular flexibility index (Phi) is 3.99. The van der Waals surface area contributed by atoms with Crippen molar-refractivity contribution in [3.63, 3.8) is 0 Å². The third kappa shape index (κ3) is 2.26. The molecule has 0 N–H and O–H groups in total. The van der Waals surface area contributed by atoms with E-state index in [0.29, 0.717) is 42.1 Å². The predicted octanol–water partition coefficient (Wildman–Crippen LogP) is 3.28. The van der Waals surface area contributed by atoms with Crippen LogP contribution in [0, 0.1) is 5.82 Å². The lowest BCUT2D eigenvalue weighted by molar-refractivity contribution is 0.112. The van der Waals surface area contributed by atoms with Crippen molar-refractivity contribution in [2.45, 2.75) is 13.5 Å². The zero-order valence-electron chi connectivity index (χ0n) is 9.95. The summed E-state index contributed by atoms with van der Waals surface area (Å²) in [4.78, 5) is 11.0. The summed E-state index contributed by atoms with van der Waals surface area (Å²) in [6.07, 6.45) is 0.654. The zero-order chi connectivity index (χ0) is 13.1. The van der Waals surface area contributed by atoms with Crippen molar-refractivity contribution in [2.75, 3.05) is 13.2 Å². The van der Waals surface area contributed by atoms with Crippen LogP contribution in [0.2, 0.25) is 5.15 Å². The molecule has 0 bridgehead atoms. The van der Waals surface area contributed by atoms with Gasteiger partial charge < -0.3 is 9.30 Å². The Morgan fingerprint density at radius 2 is 2.28 bits per heavy atom. The molecule has 0 aliphatic heterocycles. The number of ether oxygens (including phenoxy) is 1. The zero-order valence-corrected chi connectivity index (χ0v) is 10.7. The van der Waals surface area contributed by atoms with Crippen LogP contribution < -0.4 is 0 Å². The van der Waals surface area contributed by atoms with Crippen LogP contribution in [-0.4, -0.2) is 24.1 Å². The number of benzene rings is 1. The van der Waals surface area contributed by atoms with Crippen molar-refractivity contribution in [2.24, 2.45) is 0 Å². The molecule has 2 aromatic rings. The molecule has 0 saturated carbocycles. The molecule has 3 nitrogen and oxygen atoms in total. The Balaban J connectivity index is 2.51. The SMILES string of the molecule is CCOCCn1c(Cl)c(C=O)c2cc(F)ccc21. The van der Waals surface area contributed by atoms with Crippen LogP contribution in [0.3, 0.4) is 0 Å². The normalized spacial score (nSPS) is 11.1. The van der Waals surface area contributed by atoms with Crippen molar-refractivity contribution >= 4 is 28.8 Å². The van der Waals surface area contributed by atoms with E-state index in [1.54, 1.807) is 10.6 Å². The molecule has 0 amide bonds. The van der Waals surface area contributed by atoms with E-state index in [9.17, 15) is 9.18 Å². The highest BCUT2D eigenvalue weighted by molar-refractivity contribution is 6.34. The Morgan fingerprint density at radius 1 is 1.50 bits per heavy atom. The van der Waals surface area contributed by atoms with Gasteiger partial charge in [0.15, 0.2) is 6.29 Å². The summed E-state index contributed by atoms with van der Waals surface area (Å²) in [5.41, 5.74) is 1.06. The van der Waals surface area contributed by atoms with Gasteiger partial charge in [-0.05, 0) is 25.1 Å². The summed E-state index contributed by atoms with van der Waals surface area (Å²) < 4.78 is 20.2. The highest BCUT2D eigenvalue weighted by Gasteiger charge is 2.15. The Labute approximate surface area is 109 Å². The molecule has 0 aliphatic carbocycles. The average molecular weight is 270 g/mol. The minimum Gasteiger partial charge on any atom is -0.380 e. The molecule has 5 heteroatoms. The average Bonchev–Trinajstić information content (AvgIpc) is 2.61. The molecule has 1 aromatic heterocycles. The molecular formula is C13H13ClFNO2. The van der Waals surface area contributed by atoms with E-state index in [1.807, 2.05) is 6.92 Å². The smallest absolute Gasteiger partial charge is 0.153 e. The summed E-state index contributed by atoms with van der Waals surface area (Å²) >= 11 is 6.14. The van der Waals surface area contributed by atoms with Gasteiger partial charge in [0.2, 0.25) is 0 Å². The number of nitrogens with zero attached hydrogens (tertiary/aromatic N) is 1. The largest absolute Gasteiger partial charge is 0.380 e. The van der Waals surface area contributed by atoms with E-state index < -0.39 is 0 Å². The first-order valence-corrected chi connectivity index (χ1v) is 6.07. The quantitative estimate of drug-likeness (QED) is 0.616. The first-order chi connectivity index (χ1) is 8.69. The fourth-order valence-corrected chi connectivity index (χ4v) is 2.27. The van der Waals surface area contributed by atoms with Crippen LogP contribution in [0.1, 0.15) is 17.3 Å². The van der Waals surface area contributed by atoms with Crippen LogP contribution in [0.5, 0.6) is 0 Å². The molecule has 0 spiro atoms. The number of carbonyl (C=O) groups excluding carboxylic acids is 1. The Hall–Kier alpha value is -1.39. The van der Waals surface area contributed by atoms with Crippen LogP contribution >= 0.6 is 11.6 Å². The maximum Gasteiger partial charge on any atom is 0.153 e. The van der Waals surface area contributed by atoms with Crippen molar-refractivity contribution in [1.29, 1.82) is 0 Å². The molecule has 1 aromatic carbocycles. The van der Waals surface area contributed by atoms with Gasteiger partial charge in [-0.3, -0.25) is 4.79 Å². The summed E-state index contributed by atoms with van der Waals surface area (Å²) in [6, 6.07) is 4.29. The fraction of sp³-hybridized carbons (Fsp3) is 0.308. The molecule has 2 rings (SSSR count). The van der Waals surface area contributed by atoms with E-state index in [1.165, 1.54) is 12.1 Å². The molecule has 1 heterocycles. The van der Waals surface area contributed by atoms with Gasteiger partial charge in [0.1, 0.15) is 11.0 Å². The standard InChI is InChI=1S/C13H13ClFNO2/c1-2-18-6-5-16-12-4-3-9(15)7-10(12)11(8-17)13(16)14/h3-4,7-8H,2,5-6H2,1H3. The number of carbonyl (C=O) groups is 1. The minimum atomic E-state index is -0.385. The van der Waals surface area contributed by atoms with Crippen molar-refractivity contribution in [1.82, 2.24) is 4.57 Å². The minimum absolute atomic E-state index is 0.322. The van der Waals surface area contributed by atoms with Gasteiger partial charge in [-0.2, -0.15) is 0 Å². The maximum atomic E-state index is 13.2. The molecule has 96 valence electrons. The summed E-state index contributed by atoms with van der Waals surface area (Å²) in [7, 11) is 0. The number of hydrogen-bond donors (Lipinski definition) is 0. The lowest BCUT2D eigenvalue weighted by atomic mass is 10.2. The third-order valence-corrected chi connectivity index (χ3v) is 3.19. The van der Waals surface area contributed by atoms with Crippen LogP contribution in [0.15, 0.2) is 18.2 Å². The lowest BCUT2D eigenvalue weighted by Crippen LogP contribution is -2.05. The van der Waals surface area contributed by atoms with Gasteiger partial charge in [0.05, 0.1) is 17.7 Å². The number of aldehydes is 1. The van der Waals surface area contributed by atoms with Gasteiger partial charge in [-0.1, -0.05) is 11.6 Å². The monoisotopic (exact) mass is 269 g/mol. The van der Waals surface area contributed by atoms with E-state index in [4.69, 9.17) is 16.3 Å². The van der Waals surface area contributed by atoms with Crippen molar-refractivity contribution in [3.05, 3.63) is 34.7 Å². The second kappa shape index (κ2) is 5.50. The van der Waals surface area contributed by atoms with E-state index >= 15 is 0 Å². The molecule has 0 atom stereocenters. The molecule has 0 fully saturated rings. The Morgan fingerprint density at radius 3 is 2.94 bits per heavy atom. The highest BCUT2D eigenvalue weighted by atomic mass is 35.5. The lowest BCUT2D eigenvalue weighted by Gasteiger charge is -2.06. The Bertz CT molecular complexity index is 580. The molecule has 0 unspecified atom stereocenters. The van der Waals surface area contributed by atoms with Crippen molar-refractivity contribution < 1.29 is 13.9 Å². The molecule has 0 aliphatic rings. The van der Waals surface area contributed by atoms with Gasteiger partial charge >= 0.3 is 0 Å². The van der Waals surface area contributed by atoms with E-state index in [0.717, 1.165) is 5.52 Å². The predicted molar refractivity (Wildman–Crippen MR) is 68.8 cm³/mol. The summed E-state index contributed by atoms with van der Waals surface area (Å²) in [5.74, 6) is -0.385. The first-order valence-electron chi connectivity index (χ1n) is 5.69. The first kappa shape index (κ1) is 13.1.